The van der Waals surface area contributed by atoms with Gasteiger partial charge in [0.1, 0.15) is 0 Å². The lowest BCUT2D eigenvalue weighted by atomic mass is 10.3. The maximum atomic E-state index is 5.28. The van der Waals surface area contributed by atoms with Gasteiger partial charge in [0.25, 0.3) is 0 Å². The molecule has 0 saturated carbocycles. The summed E-state index contributed by atoms with van der Waals surface area (Å²) in [7, 11) is 1.72. The van der Waals surface area contributed by atoms with Gasteiger partial charge in [-0.1, -0.05) is 0 Å². The first kappa shape index (κ1) is 15.8. The van der Waals surface area contributed by atoms with E-state index in [9.17, 15) is 0 Å². The minimum atomic E-state index is 0.518. The Morgan fingerprint density at radius 3 is 2.62 bits per heavy atom. The third kappa shape index (κ3) is 11.9. The van der Waals surface area contributed by atoms with E-state index in [4.69, 9.17) is 9.47 Å². The molecule has 0 aliphatic rings. The topological polar surface area (TPSA) is 42.5 Å². The van der Waals surface area contributed by atoms with Crippen molar-refractivity contribution in [1.82, 2.24) is 10.6 Å². The lowest BCUT2D eigenvalue weighted by Gasteiger charge is -2.14. The maximum absolute atomic E-state index is 5.28. The van der Waals surface area contributed by atoms with Gasteiger partial charge in [-0.3, -0.25) is 0 Å². The molecule has 0 aliphatic carbocycles. The molecule has 0 aromatic carbocycles. The van der Waals surface area contributed by atoms with Gasteiger partial charge in [0, 0.05) is 39.5 Å². The molecular weight excluding hydrogens is 204 g/mol. The molecular formula is C12H28N2O2. The SMILES string of the molecule is CCOCCCCNC(C)CNCCOC. The molecule has 1 unspecified atom stereocenters. The number of methoxy groups -OCH3 is 1. The van der Waals surface area contributed by atoms with Gasteiger partial charge in [0.15, 0.2) is 0 Å². The molecule has 0 saturated heterocycles. The lowest BCUT2D eigenvalue weighted by Crippen LogP contribution is -2.37. The van der Waals surface area contributed by atoms with Crippen molar-refractivity contribution in [3.63, 3.8) is 0 Å². The Kier molecular flexibility index (Phi) is 12.8. The first-order chi connectivity index (χ1) is 7.81. The summed E-state index contributed by atoms with van der Waals surface area (Å²) in [5.41, 5.74) is 0. The van der Waals surface area contributed by atoms with Crippen molar-refractivity contribution in [2.75, 3.05) is 46.6 Å². The molecule has 0 amide bonds. The zero-order valence-corrected chi connectivity index (χ0v) is 11.1. The number of hydrogen-bond donors (Lipinski definition) is 2. The summed E-state index contributed by atoms with van der Waals surface area (Å²) in [6.45, 7) is 9.71. The second kappa shape index (κ2) is 12.9. The van der Waals surface area contributed by atoms with E-state index < -0.39 is 0 Å². The molecule has 0 spiro atoms. The van der Waals surface area contributed by atoms with Crippen LogP contribution >= 0.6 is 0 Å². The van der Waals surface area contributed by atoms with Crippen molar-refractivity contribution < 1.29 is 9.47 Å². The first-order valence-corrected chi connectivity index (χ1v) is 6.32. The van der Waals surface area contributed by atoms with Crippen LogP contribution in [0.25, 0.3) is 0 Å². The molecule has 0 aromatic rings. The maximum Gasteiger partial charge on any atom is 0.0587 e. The standard InChI is InChI=1S/C12H28N2O2/c1-4-16-9-6-5-7-14-12(2)11-13-8-10-15-3/h12-14H,4-11H2,1-3H3. The van der Waals surface area contributed by atoms with Gasteiger partial charge in [0.05, 0.1) is 6.61 Å². The summed E-state index contributed by atoms with van der Waals surface area (Å²) in [6, 6.07) is 0.518. The minimum absolute atomic E-state index is 0.518. The van der Waals surface area contributed by atoms with Gasteiger partial charge in [0.2, 0.25) is 0 Å². The Morgan fingerprint density at radius 1 is 1.12 bits per heavy atom. The highest BCUT2D eigenvalue weighted by molar-refractivity contribution is 4.63. The molecule has 1 atom stereocenters. The van der Waals surface area contributed by atoms with Crippen molar-refractivity contribution in [3.8, 4) is 0 Å². The third-order valence-corrected chi connectivity index (χ3v) is 2.35. The monoisotopic (exact) mass is 232 g/mol. The molecule has 0 aromatic heterocycles. The second-order valence-corrected chi connectivity index (χ2v) is 3.96. The zero-order valence-electron chi connectivity index (χ0n) is 11.1. The largest absolute Gasteiger partial charge is 0.383 e. The third-order valence-electron chi connectivity index (χ3n) is 2.35. The Hall–Kier alpha value is -0.160. The van der Waals surface area contributed by atoms with Crippen LogP contribution in [0.15, 0.2) is 0 Å². The Labute approximate surface area is 100 Å². The number of rotatable bonds is 12. The Balaban J connectivity index is 3.08. The van der Waals surface area contributed by atoms with Crippen LogP contribution in [-0.2, 0) is 9.47 Å². The average Bonchev–Trinajstić information content (AvgIpc) is 2.29. The second-order valence-electron chi connectivity index (χ2n) is 3.96. The van der Waals surface area contributed by atoms with E-state index in [2.05, 4.69) is 17.6 Å². The van der Waals surface area contributed by atoms with E-state index in [1.54, 1.807) is 7.11 Å². The lowest BCUT2D eigenvalue weighted by molar-refractivity contribution is 0.143. The van der Waals surface area contributed by atoms with Crippen molar-refractivity contribution in [3.05, 3.63) is 0 Å². The number of hydrogen-bond acceptors (Lipinski definition) is 4. The van der Waals surface area contributed by atoms with Crippen LogP contribution in [0.3, 0.4) is 0 Å². The van der Waals surface area contributed by atoms with Crippen LogP contribution in [0.1, 0.15) is 26.7 Å². The molecule has 2 N–H and O–H groups in total. The summed E-state index contributed by atoms with van der Waals surface area (Å²) in [4.78, 5) is 0. The number of unbranched alkanes of at least 4 members (excludes halogenated alkanes) is 1. The van der Waals surface area contributed by atoms with E-state index in [1.165, 1.54) is 6.42 Å². The van der Waals surface area contributed by atoms with Crippen molar-refractivity contribution >= 4 is 0 Å². The fourth-order valence-corrected chi connectivity index (χ4v) is 1.39. The molecule has 0 radical (unpaired) electrons. The van der Waals surface area contributed by atoms with Crippen molar-refractivity contribution in [2.45, 2.75) is 32.7 Å². The summed E-state index contributed by atoms with van der Waals surface area (Å²) in [6.07, 6.45) is 2.33. The molecule has 0 rings (SSSR count). The van der Waals surface area contributed by atoms with Crippen LogP contribution in [0.4, 0.5) is 0 Å². The van der Waals surface area contributed by atoms with Crippen LogP contribution in [0.2, 0.25) is 0 Å². The van der Waals surface area contributed by atoms with Gasteiger partial charge in [-0.15, -0.1) is 0 Å². The highest BCUT2D eigenvalue weighted by Gasteiger charge is 1.99. The van der Waals surface area contributed by atoms with E-state index in [0.29, 0.717) is 6.04 Å². The summed E-state index contributed by atoms with van der Waals surface area (Å²) < 4.78 is 10.2. The Bertz CT molecular complexity index is 134. The van der Waals surface area contributed by atoms with E-state index in [0.717, 1.165) is 45.9 Å². The van der Waals surface area contributed by atoms with Crippen molar-refractivity contribution in [2.24, 2.45) is 0 Å². The molecule has 16 heavy (non-hydrogen) atoms. The van der Waals surface area contributed by atoms with Crippen LogP contribution in [0, 0.1) is 0 Å². The van der Waals surface area contributed by atoms with Gasteiger partial charge >= 0.3 is 0 Å². The fraction of sp³-hybridized carbons (Fsp3) is 1.00. The zero-order chi connectivity index (χ0) is 12.1. The van der Waals surface area contributed by atoms with Crippen LogP contribution in [0.5, 0.6) is 0 Å². The highest BCUT2D eigenvalue weighted by Crippen LogP contribution is 1.89. The van der Waals surface area contributed by atoms with E-state index in [-0.39, 0.29) is 0 Å². The molecule has 0 fully saturated rings. The van der Waals surface area contributed by atoms with Gasteiger partial charge in [-0.2, -0.15) is 0 Å². The van der Waals surface area contributed by atoms with Crippen LogP contribution in [-0.4, -0.2) is 52.6 Å². The molecule has 0 heterocycles. The van der Waals surface area contributed by atoms with E-state index in [1.807, 2.05) is 6.92 Å². The molecule has 0 aliphatic heterocycles. The molecule has 98 valence electrons. The van der Waals surface area contributed by atoms with Gasteiger partial charge in [-0.25, -0.2) is 0 Å². The smallest absolute Gasteiger partial charge is 0.0587 e. The van der Waals surface area contributed by atoms with Crippen LogP contribution < -0.4 is 10.6 Å². The van der Waals surface area contributed by atoms with Gasteiger partial charge in [-0.05, 0) is 33.2 Å². The fourth-order valence-electron chi connectivity index (χ4n) is 1.39. The summed E-state index contributed by atoms with van der Waals surface area (Å²) in [5, 5.41) is 6.81. The highest BCUT2D eigenvalue weighted by atomic mass is 16.5. The first-order valence-electron chi connectivity index (χ1n) is 6.32. The summed E-state index contributed by atoms with van der Waals surface area (Å²) >= 11 is 0. The minimum Gasteiger partial charge on any atom is -0.383 e. The predicted molar refractivity (Wildman–Crippen MR) is 67.9 cm³/mol. The quantitative estimate of drug-likeness (QED) is 0.493. The Morgan fingerprint density at radius 2 is 1.94 bits per heavy atom. The molecule has 4 heteroatoms. The average molecular weight is 232 g/mol. The molecule has 0 bridgehead atoms. The van der Waals surface area contributed by atoms with Crippen molar-refractivity contribution in [1.29, 1.82) is 0 Å². The van der Waals surface area contributed by atoms with Gasteiger partial charge < -0.3 is 20.1 Å². The number of nitrogens with one attached hydrogen (secondary N) is 2. The number of ether oxygens (including phenoxy) is 2. The normalized spacial score (nSPS) is 12.9. The predicted octanol–water partition coefficient (Wildman–Crippen LogP) is 1.02. The summed E-state index contributed by atoms with van der Waals surface area (Å²) in [5.74, 6) is 0. The van der Waals surface area contributed by atoms with E-state index >= 15 is 0 Å². The molecule has 4 nitrogen and oxygen atoms in total.